The molecule has 9 rings (SSSR count). The number of para-hydroxylation sites is 6. The van der Waals surface area contributed by atoms with E-state index in [0.29, 0.717) is 38.0 Å². The Morgan fingerprint density at radius 2 is 1.18 bits per heavy atom. The lowest BCUT2D eigenvalue weighted by Gasteiger charge is -2.07. The molecule has 19 nitrogen and oxygen atoms in total. The van der Waals surface area contributed by atoms with Gasteiger partial charge in [0.25, 0.3) is 17.7 Å². The van der Waals surface area contributed by atoms with E-state index >= 15 is 0 Å². The number of pyridine rings is 1. The summed E-state index contributed by atoms with van der Waals surface area (Å²) >= 11 is 7.27. The molecule has 366 valence electrons. The Morgan fingerprint density at radius 1 is 0.653 bits per heavy atom. The number of nitrogens with zero attached hydrogens (tertiary/aromatic N) is 7. The highest BCUT2D eigenvalue weighted by Crippen LogP contribution is 2.26. The van der Waals surface area contributed by atoms with Crippen LogP contribution in [-0.2, 0) is 14.4 Å². The molecule has 3 amide bonds. The van der Waals surface area contributed by atoms with Gasteiger partial charge in [0, 0.05) is 16.2 Å². The Hall–Kier alpha value is -7.99. The van der Waals surface area contributed by atoms with Crippen molar-refractivity contribution in [1.29, 1.82) is 0 Å². The fourth-order valence-electron chi connectivity index (χ4n) is 6.00. The van der Waals surface area contributed by atoms with E-state index in [1.807, 2.05) is 84.9 Å². The molecule has 0 aliphatic carbocycles. The number of imidazole rings is 3. The Kier molecular flexibility index (Phi) is 18.9. The molecule has 1 unspecified atom stereocenters. The van der Waals surface area contributed by atoms with Crippen molar-refractivity contribution in [3.8, 4) is 17.2 Å². The maximum absolute atomic E-state index is 12.1. The third-order valence-electron chi connectivity index (χ3n) is 9.49. The molecule has 72 heavy (non-hydrogen) atoms. The van der Waals surface area contributed by atoms with Crippen LogP contribution in [0.4, 0.5) is 0 Å². The van der Waals surface area contributed by atoms with Crippen molar-refractivity contribution >= 4 is 121 Å². The van der Waals surface area contributed by atoms with Crippen LogP contribution >= 0.6 is 51.2 Å². The first kappa shape index (κ1) is 51.8. The lowest BCUT2D eigenvalue weighted by molar-refractivity contribution is -0.120. The summed E-state index contributed by atoms with van der Waals surface area (Å²) in [5.74, 6) is 0.212. The molecule has 0 saturated heterocycles. The van der Waals surface area contributed by atoms with Crippen LogP contribution < -0.4 is 21.0 Å². The fourth-order valence-corrected chi connectivity index (χ4v) is 8.54. The van der Waals surface area contributed by atoms with E-state index in [-0.39, 0.29) is 46.0 Å². The summed E-state index contributed by atoms with van der Waals surface area (Å²) < 4.78 is 5.82. The quantitative estimate of drug-likeness (QED) is 0.0257. The summed E-state index contributed by atoms with van der Waals surface area (Å²) in [4.78, 5) is 62.5. The molecule has 8 N–H and O–H groups in total. The Balaban J connectivity index is 0.000000159. The monoisotopic (exact) mass is 1090 g/mol. The summed E-state index contributed by atoms with van der Waals surface area (Å²) in [6.07, 6.45) is 6.05. The zero-order valence-corrected chi connectivity index (χ0v) is 42.2. The first-order valence-electron chi connectivity index (χ1n) is 21.5. The van der Waals surface area contributed by atoms with Crippen LogP contribution in [0.1, 0.15) is 23.7 Å². The second-order valence-corrected chi connectivity index (χ2v) is 18.9. The van der Waals surface area contributed by atoms with Gasteiger partial charge < -0.3 is 29.9 Å². The number of fused-ring (bicyclic) bond motifs is 3. The number of aromatic hydroxyl groups is 2. The average Bonchev–Trinajstić information content (AvgIpc) is 4.14. The highest BCUT2D eigenvalue weighted by atomic mass is 79.9. The number of benzene rings is 5. The van der Waals surface area contributed by atoms with Crippen LogP contribution in [0.25, 0.3) is 33.1 Å². The number of thioether (sulfide) groups is 3. The Morgan fingerprint density at radius 3 is 1.75 bits per heavy atom. The molecule has 0 bridgehead atoms. The number of hydrazone groups is 3. The molecular formula is C49H44BrN13O6S3. The third-order valence-corrected chi connectivity index (χ3v) is 12.7. The van der Waals surface area contributed by atoms with Crippen LogP contribution in [-0.4, -0.2) is 105 Å². The summed E-state index contributed by atoms with van der Waals surface area (Å²) in [6.45, 7) is 1.78. The minimum absolute atomic E-state index is 0.0471. The maximum atomic E-state index is 12.1. The van der Waals surface area contributed by atoms with Crippen molar-refractivity contribution in [2.75, 3.05) is 18.6 Å². The summed E-state index contributed by atoms with van der Waals surface area (Å²) in [7, 11) is 1.47. The van der Waals surface area contributed by atoms with Gasteiger partial charge in [0.05, 0.1) is 81.3 Å². The van der Waals surface area contributed by atoms with Crippen molar-refractivity contribution in [3.63, 3.8) is 0 Å². The summed E-state index contributed by atoms with van der Waals surface area (Å²) in [5.41, 5.74) is 14.7. The zero-order chi connectivity index (χ0) is 50.7. The number of phenols is 2. The number of carbonyl (C=O) groups excluding carboxylic acids is 3. The van der Waals surface area contributed by atoms with Gasteiger partial charge in [0.2, 0.25) is 0 Å². The number of H-pyrrole nitrogens is 3. The number of aromatic amines is 3. The fraction of sp³-hybridized carbons (Fsp3) is 0.102. The molecule has 0 spiro atoms. The van der Waals surface area contributed by atoms with Gasteiger partial charge >= 0.3 is 0 Å². The molecule has 0 saturated carbocycles. The molecule has 9 aromatic rings. The van der Waals surface area contributed by atoms with Crippen molar-refractivity contribution < 1.29 is 29.3 Å². The topological polar surface area (TPSA) is 273 Å². The van der Waals surface area contributed by atoms with Gasteiger partial charge in [-0.05, 0) is 97.4 Å². The second kappa shape index (κ2) is 26.3. The standard InChI is InChI=1S/C17H15BrN4O2S.C17H16N4O3S.C15H13N5OS/c1-10(25-17-20-13-4-2-3-5-14(13)21-17)16(24)22-19-9-11-8-12(18)6-7-15(11)23;1-24-15-8-11(6-7-14(15)22)9-18-21-16(23)10-25-17-19-12-4-2-3-5-13(12)20-17;21-14(20-17-9-11-5-3-4-8-16-11)10-22-15-18-12-6-1-2-7-13(12)19-15/h2-10,23H,1H3,(H,20,21)(H,22,24);2-9,22H,10H2,1H3,(H,19,20)(H,21,23);1-9H,10H2,(H,18,19)(H,20,21)/b19-9+;18-9+;17-9+. The molecule has 4 aromatic heterocycles. The van der Waals surface area contributed by atoms with E-state index < -0.39 is 0 Å². The summed E-state index contributed by atoms with van der Waals surface area (Å²) in [5, 5.41) is 32.6. The smallest absolute Gasteiger partial charge is 0.253 e. The molecule has 1 atom stereocenters. The van der Waals surface area contributed by atoms with Crippen LogP contribution in [0.5, 0.6) is 17.2 Å². The van der Waals surface area contributed by atoms with Crippen LogP contribution in [0, 0.1) is 0 Å². The number of hydrogen-bond donors (Lipinski definition) is 8. The normalized spacial score (nSPS) is 11.6. The van der Waals surface area contributed by atoms with Crippen LogP contribution in [0.3, 0.4) is 0 Å². The number of methoxy groups -OCH3 is 1. The van der Waals surface area contributed by atoms with Crippen LogP contribution in [0.15, 0.2) is 169 Å². The van der Waals surface area contributed by atoms with E-state index in [1.54, 1.807) is 49.5 Å². The predicted octanol–water partition coefficient (Wildman–Crippen LogP) is 8.38. The van der Waals surface area contributed by atoms with Gasteiger partial charge in [-0.15, -0.1) is 0 Å². The van der Waals surface area contributed by atoms with E-state index in [1.165, 1.54) is 67.1 Å². The minimum atomic E-state index is -0.381. The van der Waals surface area contributed by atoms with E-state index in [2.05, 4.69) is 82.4 Å². The van der Waals surface area contributed by atoms with Crippen molar-refractivity contribution in [1.82, 2.24) is 51.2 Å². The van der Waals surface area contributed by atoms with Gasteiger partial charge in [-0.2, -0.15) is 15.3 Å². The van der Waals surface area contributed by atoms with Crippen molar-refractivity contribution in [2.24, 2.45) is 15.3 Å². The SMILES string of the molecule is CC(Sc1nc2ccccc2[nH]1)C(=O)N/N=C/c1cc(Br)ccc1O.COc1cc(/C=N/NC(=O)CSc2nc3ccccc3[nH]2)ccc1O.O=C(CSc1nc2ccccc2[nH]1)N/N=C/c1ccccn1. The first-order chi connectivity index (χ1) is 35.0. The number of phenolic OH excluding ortho intramolecular Hbond substituents is 2. The lowest BCUT2D eigenvalue weighted by Crippen LogP contribution is -2.26. The number of carbonyl (C=O) groups is 3. The van der Waals surface area contributed by atoms with Crippen molar-refractivity contribution in [3.05, 3.63) is 155 Å². The average molecular weight is 1090 g/mol. The van der Waals surface area contributed by atoms with Crippen molar-refractivity contribution in [2.45, 2.75) is 27.6 Å². The van der Waals surface area contributed by atoms with Gasteiger partial charge in [-0.1, -0.05) is 93.7 Å². The number of amides is 3. The molecule has 4 heterocycles. The molecule has 5 aromatic carbocycles. The number of ether oxygens (including phenoxy) is 1. The number of nitrogens with one attached hydrogen (secondary N) is 6. The number of aromatic nitrogens is 7. The van der Waals surface area contributed by atoms with Gasteiger partial charge in [0.1, 0.15) is 5.75 Å². The van der Waals surface area contributed by atoms with E-state index in [4.69, 9.17) is 4.74 Å². The zero-order valence-electron chi connectivity index (χ0n) is 38.2. The van der Waals surface area contributed by atoms with E-state index in [9.17, 15) is 24.6 Å². The number of hydrogen-bond acceptors (Lipinski definition) is 16. The molecule has 0 fully saturated rings. The second-order valence-electron chi connectivity index (χ2n) is 14.7. The van der Waals surface area contributed by atoms with Gasteiger partial charge in [-0.25, -0.2) is 31.2 Å². The lowest BCUT2D eigenvalue weighted by atomic mass is 10.2. The molecule has 0 aliphatic rings. The number of halogens is 1. The third kappa shape index (κ3) is 15.8. The largest absolute Gasteiger partial charge is 0.507 e. The molecular weight excluding hydrogens is 1040 g/mol. The predicted molar refractivity (Wildman–Crippen MR) is 287 cm³/mol. The minimum Gasteiger partial charge on any atom is -0.507 e. The highest BCUT2D eigenvalue weighted by Gasteiger charge is 2.16. The Bertz CT molecular complexity index is 3270. The van der Waals surface area contributed by atoms with Gasteiger partial charge in [0.15, 0.2) is 27.0 Å². The number of rotatable bonds is 16. The molecule has 23 heteroatoms. The molecule has 0 radical (unpaired) electrons. The van der Waals surface area contributed by atoms with E-state index in [0.717, 1.165) is 37.6 Å². The maximum Gasteiger partial charge on any atom is 0.253 e. The molecule has 0 aliphatic heterocycles. The first-order valence-corrected chi connectivity index (χ1v) is 25.1. The summed E-state index contributed by atoms with van der Waals surface area (Å²) in [6, 6.07) is 38.3. The highest BCUT2D eigenvalue weighted by molar-refractivity contribution is 9.10. The van der Waals surface area contributed by atoms with Gasteiger partial charge in [-0.3, -0.25) is 19.4 Å². The Labute approximate surface area is 432 Å². The van der Waals surface area contributed by atoms with Crippen LogP contribution in [0.2, 0.25) is 0 Å².